The van der Waals surface area contributed by atoms with Crippen LogP contribution in [0.1, 0.15) is 20.7 Å². The van der Waals surface area contributed by atoms with Gasteiger partial charge in [-0.2, -0.15) is 17.8 Å². The number of hydrogen-bond donors (Lipinski definition) is 0. The molecule has 0 saturated carbocycles. The topological polar surface area (TPSA) is 367 Å². The predicted octanol–water partition coefficient (Wildman–Crippen LogP) is -3.10. The molecule has 346 valence electrons. The van der Waals surface area contributed by atoms with Crippen LogP contribution in [0, 0.1) is 27.9 Å². The summed E-state index contributed by atoms with van der Waals surface area (Å²) in [5.41, 5.74) is 0.492. The summed E-state index contributed by atoms with van der Waals surface area (Å²) in [5, 5.41) is 128. The van der Waals surface area contributed by atoms with E-state index in [0.29, 0.717) is 38.4 Å². The van der Waals surface area contributed by atoms with Crippen LogP contribution in [0.3, 0.4) is 0 Å². The van der Waals surface area contributed by atoms with E-state index < -0.39 is 63.2 Å². The van der Waals surface area contributed by atoms with Gasteiger partial charge >= 0.3 is 0 Å². The zero-order valence-corrected chi connectivity index (χ0v) is 34.2. The molecule has 0 fully saturated rings. The summed E-state index contributed by atoms with van der Waals surface area (Å²) in [5.74, 6) is -8.93. The van der Waals surface area contributed by atoms with Crippen LogP contribution in [0.15, 0.2) is 189 Å². The monoisotopic (exact) mass is 934 g/mol. The number of carbonyl (C=O) groups excluding carboxylic acids is 2. The Labute approximate surface area is 381 Å². The van der Waals surface area contributed by atoms with Crippen molar-refractivity contribution in [1.82, 2.24) is 0 Å². The molecular formula is C44H21F3N12O10-8. The van der Waals surface area contributed by atoms with Crippen LogP contribution in [0.2, 0.25) is 0 Å². The van der Waals surface area contributed by atoms with Crippen molar-refractivity contribution in [2.24, 2.45) is 62.0 Å². The minimum Gasteiger partial charge on any atom is -0.884 e. The summed E-state index contributed by atoms with van der Waals surface area (Å²) in [6.45, 7) is 0. The molecule has 22 nitrogen and oxygen atoms in total. The smallest absolute Gasteiger partial charge is 0.207 e. The highest BCUT2D eigenvalue weighted by Gasteiger charge is 2.07. The number of aromatic carboxylic acids is 2. The maximum absolute atomic E-state index is 13.6. The maximum Gasteiger partial charge on any atom is 0.207 e. The molecule has 25 heteroatoms. The normalized spacial score (nSPS) is 12.4. The summed E-state index contributed by atoms with van der Waals surface area (Å²) >= 11 is 0. The molecule has 0 atom stereocenters. The third kappa shape index (κ3) is 12.5. The lowest BCUT2D eigenvalue weighted by atomic mass is 10.0. The number of carbonyl (C=O) groups is 2. The van der Waals surface area contributed by atoms with Gasteiger partial charge in [0.2, 0.25) is 17.5 Å². The molecular weight excluding hydrogens is 914 g/mol. The first-order valence-electron chi connectivity index (χ1n) is 18.9. The Balaban J connectivity index is 0.000000153. The Bertz CT molecular complexity index is 3600. The maximum atomic E-state index is 13.6. The van der Waals surface area contributed by atoms with E-state index in [9.17, 15) is 63.6 Å². The van der Waals surface area contributed by atoms with Gasteiger partial charge < -0.3 is 50.4 Å². The van der Waals surface area contributed by atoms with Crippen molar-refractivity contribution in [3.05, 3.63) is 198 Å². The largest absolute Gasteiger partial charge is 0.884 e. The lowest BCUT2D eigenvalue weighted by molar-refractivity contribution is -0.437. The molecule has 3 aliphatic heterocycles. The van der Waals surface area contributed by atoms with E-state index in [1.165, 1.54) is 60.7 Å². The highest BCUT2D eigenvalue weighted by atomic mass is 19.1. The van der Waals surface area contributed by atoms with Gasteiger partial charge in [0.1, 0.15) is 17.5 Å². The Morgan fingerprint density at radius 2 is 0.739 bits per heavy atom. The van der Waals surface area contributed by atoms with Gasteiger partial charge in [-0.3, -0.25) is 0 Å². The average Bonchev–Trinajstić information content (AvgIpc) is 4.18. The molecule has 0 saturated heterocycles. The van der Waals surface area contributed by atoms with E-state index in [0.717, 1.165) is 40.8 Å². The van der Waals surface area contributed by atoms with Crippen LogP contribution < -0.4 is 72.2 Å². The zero-order chi connectivity index (χ0) is 49.6. The van der Waals surface area contributed by atoms with Crippen molar-refractivity contribution in [2.75, 3.05) is 0 Å². The lowest BCUT2D eigenvalue weighted by Crippen LogP contribution is -2.29. The number of benzene rings is 6. The zero-order valence-electron chi connectivity index (χ0n) is 34.2. The van der Waals surface area contributed by atoms with Crippen molar-refractivity contribution < 1.29 is 63.6 Å². The molecule has 3 heterocycles. The third-order valence-electron chi connectivity index (χ3n) is 9.09. The van der Waals surface area contributed by atoms with Gasteiger partial charge in [-0.15, -0.1) is 30.7 Å². The number of hydrogen-bond acceptors (Lipinski definition) is 22. The van der Waals surface area contributed by atoms with Crippen molar-refractivity contribution in [3.8, 4) is 11.1 Å². The number of halogens is 3. The van der Waals surface area contributed by atoms with Gasteiger partial charge in [0, 0.05) is 21.2 Å². The number of carboxylic acids is 2. The van der Waals surface area contributed by atoms with Crippen molar-refractivity contribution in [3.63, 3.8) is 0 Å². The average molecular weight is 935 g/mol. The molecule has 0 aliphatic carbocycles. The second-order valence-electron chi connectivity index (χ2n) is 13.4. The van der Waals surface area contributed by atoms with Gasteiger partial charge in [0.15, 0.2) is 0 Å². The molecule has 0 bridgehead atoms. The quantitative estimate of drug-likeness (QED) is 0.172. The molecule has 0 unspecified atom stereocenters. The lowest BCUT2D eigenvalue weighted by Gasteiger charge is -2.16. The molecule has 69 heavy (non-hydrogen) atoms. The van der Waals surface area contributed by atoms with E-state index in [1.807, 2.05) is 0 Å². The van der Waals surface area contributed by atoms with Crippen LogP contribution in [-0.4, -0.2) is 11.9 Å². The van der Waals surface area contributed by atoms with Crippen LogP contribution in [-0.2, 0) is 0 Å². The standard InChI is InChI=1S/C14H9FN4O2.C14H9FO4.C8H5FN4O2.C8H6N4O2/c15-12-7-10(5-6-11(12)14(20)21)8-1-3-9(4-2-8)13-16-18-19-17-13;15-12-7-10(5-6-11(12)14(18)19)8-1-3-9(4-2-8)13(16)17;9-6-3-4(7-10-12-13-11-7)1-2-5(6)8(14)15;13-8(14)6-3-1-5(2-4-6)7-9-11-12-10-7/h1-7,20-21H;1-7H,(H,16,17)(H,18,19);1-3,14-15H;1-4,13-14H/p-8. The number of nitrogens with zero attached hydrogens (tertiary/aromatic N) is 12. The second-order valence-corrected chi connectivity index (χ2v) is 13.4. The van der Waals surface area contributed by atoms with E-state index in [-0.39, 0.29) is 16.6 Å². The van der Waals surface area contributed by atoms with E-state index in [4.69, 9.17) is 0 Å². The van der Waals surface area contributed by atoms with Crippen molar-refractivity contribution in [2.45, 2.75) is 0 Å². The van der Waals surface area contributed by atoms with Crippen LogP contribution >= 0.6 is 0 Å². The molecule has 0 radical (unpaired) electrons. The Morgan fingerprint density at radius 1 is 0.348 bits per heavy atom. The first kappa shape index (κ1) is 48.1. The van der Waals surface area contributed by atoms with Crippen LogP contribution in [0.25, 0.3) is 46.4 Å². The van der Waals surface area contributed by atoms with Gasteiger partial charge in [-0.05, 0) is 98.4 Å². The van der Waals surface area contributed by atoms with E-state index >= 15 is 0 Å². The minimum atomic E-state index is -1.59. The summed E-state index contributed by atoms with van der Waals surface area (Å²) in [6.07, 6.45) is 0. The molecule has 9 rings (SSSR count). The van der Waals surface area contributed by atoms with Gasteiger partial charge in [0.25, 0.3) is 0 Å². The molecule has 0 spiro atoms. The van der Waals surface area contributed by atoms with Crippen molar-refractivity contribution >= 4 is 47.2 Å². The van der Waals surface area contributed by atoms with E-state index in [2.05, 4.69) is 62.0 Å². The van der Waals surface area contributed by atoms with Crippen LogP contribution in [0.5, 0.6) is 0 Å². The van der Waals surface area contributed by atoms with Gasteiger partial charge in [-0.25, -0.2) is 13.2 Å². The van der Waals surface area contributed by atoms with Gasteiger partial charge in [-0.1, -0.05) is 103 Å². The highest BCUT2D eigenvalue weighted by Crippen LogP contribution is 2.22. The molecule has 0 aromatic heterocycles. The summed E-state index contributed by atoms with van der Waals surface area (Å²) in [7, 11) is 0. The molecule has 6 aromatic carbocycles. The second kappa shape index (κ2) is 22.0. The Morgan fingerprint density at radius 3 is 1.14 bits per heavy atom. The number of rotatable bonds is 3. The summed E-state index contributed by atoms with van der Waals surface area (Å²) in [6, 6.07) is 29.5. The first-order valence-corrected chi connectivity index (χ1v) is 18.9. The highest BCUT2D eigenvalue weighted by molar-refractivity contribution is 5.88. The van der Waals surface area contributed by atoms with Gasteiger partial charge in [0.05, 0.1) is 11.9 Å². The predicted molar refractivity (Wildman–Crippen MR) is 211 cm³/mol. The van der Waals surface area contributed by atoms with E-state index in [1.54, 1.807) is 36.4 Å². The Kier molecular flexibility index (Phi) is 15.4. The fourth-order valence-corrected chi connectivity index (χ4v) is 5.69. The first-order chi connectivity index (χ1) is 33.1. The third-order valence-corrected chi connectivity index (χ3v) is 9.09. The number of carboxylic acid groups (broad SMARTS) is 2. The fraction of sp³-hybridized carbons (Fsp3) is 0. The molecule has 3 aliphatic rings. The van der Waals surface area contributed by atoms with Crippen molar-refractivity contribution in [1.29, 1.82) is 0 Å². The molecule has 0 amide bonds. The molecule has 6 aromatic rings. The SMILES string of the molecule is O=C([O-])c1ccc(-c2ccc(C(=O)[O-])c(F)c2)cc1.[O-]C([O-])=c1ccc(=C2N=NN=N2)cc1.[O-]C([O-])=c1ccc(=C2N=NN=N2)cc1F.[O-]C([O-])=c1ccc(=c2ccc(=C3N=NN=N3)cc2)cc1F. The summed E-state index contributed by atoms with van der Waals surface area (Å²) in [4.78, 5) is 21.1. The molecule has 0 N–H and O–H groups in total. The summed E-state index contributed by atoms with van der Waals surface area (Å²) < 4.78 is 40.3. The fourth-order valence-electron chi connectivity index (χ4n) is 5.69. The Hall–Kier alpha value is -10.3. The van der Waals surface area contributed by atoms with Crippen LogP contribution in [0.4, 0.5) is 13.2 Å². The minimum absolute atomic E-state index is 0.00979.